The van der Waals surface area contributed by atoms with Gasteiger partial charge in [0.2, 0.25) is 5.91 Å². The molecule has 8 heteroatoms. The minimum Gasteiger partial charge on any atom is -0.312 e. The van der Waals surface area contributed by atoms with Crippen LogP contribution in [0.15, 0.2) is 18.2 Å². The molecule has 0 spiro atoms. The highest BCUT2D eigenvalue weighted by Crippen LogP contribution is 2.29. The lowest BCUT2D eigenvalue weighted by molar-refractivity contribution is -0.117. The van der Waals surface area contributed by atoms with E-state index in [1.165, 1.54) is 11.0 Å². The van der Waals surface area contributed by atoms with E-state index in [1.54, 1.807) is 0 Å². The predicted octanol–water partition coefficient (Wildman–Crippen LogP) is 2.13. The monoisotopic (exact) mass is 309 g/mol. The number of carbonyl (C=O) groups excluding carboxylic acids is 1. The van der Waals surface area contributed by atoms with E-state index < -0.39 is 27.7 Å². The zero-order valence-electron chi connectivity index (χ0n) is 9.64. The SMILES string of the molecule is O=C1CC(CS(=O)(=O)F)CN1c1cc(F)cc(Cl)c1. The Balaban J connectivity index is 2.20. The standard InChI is InChI=1S/C11H10ClF2NO3S/c12-8-2-9(13)4-10(3-8)15-5-7(1-11(15)16)6-19(14,17)18/h2-4,7H,1,5-6H2. The summed E-state index contributed by atoms with van der Waals surface area (Å²) in [5.41, 5.74) is 0.244. The Labute approximate surface area is 114 Å². The van der Waals surface area contributed by atoms with Gasteiger partial charge in [-0.3, -0.25) is 4.79 Å². The van der Waals surface area contributed by atoms with E-state index in [0.29, 0.717) is 0 Å². The van der Waals surface area contributed by atoms with E-state index >= 15 is 0 Å². The molecule has 0 aromatic heterocycles. The minimum absolute atomic E-state index is 0.0295. The maximum atomic E-state index is 13.2. The predicted molar refractivity (Wildman–Crippen MR) is 66.8 cm³/mol. The Morgan fingerprint density at radius 2 is 2.05 bits per heavy atom. The van der Waals surface area contributed by atoms with E-state index in [4.69, 9.17) is 11.6 Å². The number of anilines is 1. The average Bonchev–Trinajstić information content (AvgIpc) is 2.54. The van der Waals surface area contributed by atoms with Gasteiger partial charge in [0.1, 0.15) is 5.82 Å². The lowest BCUT2D eigenvalue weighted by atomic mass is 10.1. The van der Waals surface area contributed by atoms with Crippen LogP contribution in [0.2, 0.25) is 5.02 Å². The van der Waals surface area contributed by atoms with Gasteiger partial charge in [0, 0.05) is 29.6 Å². The van der Waals surface area contributed by atoms with Gasteiger partial charge in [-0.2, -0.15) is 8.42 Å². The minimum atomic E-state index is -4.63. The Morgan fingerprint density at radius 1 is 1.37 bits per heavy atom. The molecule has 0 bridgehead atoms. The van der Waals surface area contributed by atoms with Crippen molar-refractivity contribution in [3.63, 3.8) is 0 Å². The fourth-order valence-electron chi connectivity index (χ4n) is 2.12. The van der Waals surface area contributed by atoms with Gasteiger partial charge in [0.25, 0.3) is 0 Å². The van der Waals surface area contributed by atoms with Crippen LogP contribution in [0.25, 0.3) is 0 Å². The molecule has 1 aromatic rings. The number of benzene rings is 1. The van der Waals surface area contributed by atoms with E-state index in [0.717, 1.165) is 12.1 Å². The third-order valence-electron chi connectivity index (χ3n) is 2.80. The average molecular weight is 310 g/mol. The van der Waals surface area contributed by atoms with Gasteiger partial charge < -0.3 is 4.90 Å². The van der Waals surface area contributed by atoms with Crippen LogP contribution in [0.1, 0.15) is 6.42 Å². The molecule has 1 aromatic carbocycles. The molecule has 1 unspecified atom stereocenters. The highest BCUT2D eigenvalue weighted by atomic mass is 35.5. The Morgan fingerprint density at radius 3 is 2.63 bits per heavy atom. The zero-order valence-corrected chi connectivity index (χ0v) is 11.2. The molecule has 0 saturated carbocycles. The zero-order chi connectivity index (χ0) is 14.2. The third-order valence-corrected chi connectivity index (χ3v) is 3.89. The highest BCUT2D eigenvalue weighted by Gasteiger charge is 2.33. The van der Waals surface area contributed by atoms with E-state index in [1.807, 2.05) is 0 Å². The van der Waals surface area contributed by atoms with Gasteiger partial charge in [0.15, 0.2) is 0 Å². The summed E-state index contributed by atoms with van der Waals surface area (Å²) in [6.07, 6.45) is -0.0860. The fraction of sp³-hybridized carbons (Fsp3) is 0.364. The number of hydrogen-bond donors (Lipinski definition) is 0. The first-order valence-corrected chi connectivity index (χ1v) is 7.36. The van der Waals surface area contributed by atoms with Crippen LogP contribution in [-0.4, -0.2) is 26.6 Å². The number of amides is 1. The van der Waals surface area contributed by atoms with Crippen molar-refractivity contribution in [2.75, 3.05) is 17.2 Å². The second kappa shape index (κ2) is 5.05. The molecular formula is C11H10ClF2NO3S. The lowest BCUT2D eigenvalue weighted by Gasteiger charge is -2.16. The van der Waals surface area contributed by atoms with E-state index in [9.17, 15) is 21.5 Å². The summed E-state index contributed by atoms with van der Waals surface area (Å²) in [5.74, 6) is -2.32. The normalized spacial score (nSPS) is 20.1. The molecule has 2 rings (SSSR count). The summed E-state index contributed by atoms with van der Waals surface area (Å²) < 4.78 is 46.9. The Hall–Kier alpha value is -1.21. The van der Waals surface area contributed by atoms with Crippen molar-refractivity contribution in [2.24, 2.45) is 5.92 Å². The van der Waals surface area contributed by atoms with Crippen molar-refractivity contribution >= 4 is 33.4 Å². The largest absolute Gasteiger partial charge is 0.312 e. The van der Waals surface area contributed by atoms with Gasteiger partial charge in [0.05, 0.1) is 5.75 Å². The molecule has 1 aliphatic rings. The molecule has 1 saturated heterocycles. The van der Waals surface area contributed by atoms with Crippen molar-refractivity contribution in [1.82, 2.24) is 0 Å². The first kappa shape index (κ1) is 14.2. The van der Waals surface area contributed by atoms with Gasteiger partial charge in [-0.1, -0.05) is 11.6 Å². The molecule has 1 atom stereocenters. The number of nitrogens with zero attached hydrogens (tertiary/aromatic N) is 1. The van der Waals surface area contributed by atoms with Crippen LogP contribution in [0.3, 0.4) is 0 Å². The van der Waals surface area contributed by atoms with Crippen LogP contribution in [0, 0.1) is 11.7 Å². The molecule has 19 heavy (non-hydrogen) atoms. The Kier molecular flexibility index (Phi) is 3.78. The summed E-state index contributed by atoms with van der Waals surface area (Å²) in [6.45, 7) is 0.0295. The second-order valence-corrected chi connectivity index (χ2v) is 6.26. The smallest absolute Gasteiger partial charge is 0.302 e. The van der Waals surface area contributed by atoms with E-state index in [-0.39, 0.29) is 29.6 Å². The van der Waals surface area contributed by atoms with E-state index in [2.05, 4.69) is 0 Å². The van der Waals surface area contributed by atoms with Crippen LogP contribution in [-0.2, 0) is 15.0 Å². The van der Waals surface area contributed by atoms with Crippen LogP contribution in [0.5, 0.6) is 0 Å². The van der Waals surface area contributed by atoms with Gasteiger partial charge in [-0.15, -0.1) is 3.89 Å². The van der Waals surface area contributed by atoms with Gasteiger partial charge >= 0.3 is 10.2 Å². The summed E-state index contributed by atoms with van der Waals surface area (Å²) >= 11 is 5.69. The molecule has 1 amide bonds. The molecule has 104 valence electrons. The second-order valence-electron chi connectivity index (χ2n) is 4.41. The lowest BCUT2D eigenvalue weighted by Crippen LogP contribution is -2.25. The molecule has 1 fully saturated rings. The molecular weight excluding hydrogens is 300 g/mol. The molecule has 1 aliphatic heterocycles. The van der Waals surface area contributed by atoms with Crippen molar-refractivity contribution in [2.45, 2.75) is 6.42 Å². The van der Waals surface area contributed by atoms with Gasteiger partial charge in [-0.05, 0) is 18.2 Å². The van der Waals surface area contributed by atoms with Crippen molar-refractivity contribution in [1.29, 1.82) is 0 Å². The third kappa shape index (κ3) is 3.63. The number of carbonyl (C=O) groups is 1. The molecule has 1 heterocycles. The molecule has 0 aliphatic carbocycles. The van der Waals surface area contributed by atoms with Crippen molar-refractivity contribution < 1.29 is 21.5 Å². The summed E-state index contributed by atoms with van der Waals surface area (Å²) in [6, 6.07) is 3.61. The number of halogens is 3. The molecule has 0 N–H and O–H groups in total. The van der Waals surface area contributed by atoms with Crippen LogP contribution >= 0.6 is 11.6 Å². The number of rotatable bonds is 3. The summed E-state index contributed by atoms with van der Waals surface area (Å²) in [5, 5.41) is 0.129. The first-order valence-electron chi connectivity index (χ1n) is 5.43. The maximum Gasteiger partial charge on any atom is 0.302 e. The van der Waals surface area contributed by atoms with Crippen molar-refractivity contribution in [3.05, 3.63) is 29.0 Å². The summed E-state index contributed by atoms with van der Waals surface area (Å²) in [7, 11) is -4.63. The quantitative estimate of drug-likeness (QED) is 0.804. The summed E-state index contributed by atoms with van der Waals surface area (Å²) in [4.78, 5) is 12.9. The van der Waals surface area contributed by atoms with Crippen LogP contribution in [0.4, 0.5) is 14.0 Å². The number of hydrogen-bond acceptors (Lipinski definition) is 3. The maximum absolute atomic E-state index is 13.2. The Bertz CT molecular complexity index is 600. The topological polar surface area (TPSA) is 54.5 Å². The highest BCUT2D eigenvalue weighted by molar-refractivity contribution is 7.86. The molecule has 4 nitrogen and oxygen atoms in total. The fourth-order valence-corrected chi connectivity index (χ4v) is 3.12. The van der Waals surface area contributed by atoms with Crippen LogP contribution < -0.4 is 4.90 Å². The molecule has 0 radical (unpaired) electrons. The first-order chi connectivity index (χ1) is 8.74. The van der Waals surface area contributed by atoms with Gasteiger partial charge in [-0.25, -0.2) is 4.39 Å². The van der Waals surface area contributed by atoms with Crippen molar-refractivity contribution in [3.8, 4) is 0 Å².